The molecule has 0 spiro atoms. The van der Waals surface area contributed by atoms with E-state index in [0.29, 0.717) is 48.6 Å². The number of aromatic nitrogens is 2. The van der Waals surface area contributed by atoms with Crippen LogP contribution in [0.2, 0.25) is 5.15 Å². The predicted octanol–water partition coefficient (Wildman–Crippen LogP) is 1.68. The highest BCUT2D eigenvalue weighted by Gasteiger charge is 2.23. The normalized spacial score (nSPS) is 16.1. The highest BCUT2D eigenvalue weighted by molar-refractivity contribution is 6.29. The molecule has 1 N–H and O–H groups in total. The van der Waals surface area contributed by atoms with Crippen LogP contribution < -0.4 is 4.90 Å². The van der Waals surface area contributed by atoms with Gasteiger partial charge in [-0.1, -0.05) is 11.6 Å². The fraction of sp³-hybridized carbons (Fsp3) is 0.364. The second kappa shape index (κ2) is 4.58. The summed E-state index contributed by atoms with van der Waals surface area (Å²) in [6, 6.07) is 3.81. The van der Waals surface area contributed by atoms with Gasteiger partial charge in [0.25, 0.3) is 6.01 Å². The smallest absolute Gasteiger partial charge is 0.407 e. The van der Waals surface area contributed by atoms with E-state index in [1.807, 2.05) is 4.90 Å². The van der Waals surface area contributed by atoms with Gasteiger partial charge in [0.2, 0.25) is 5.65 Å². The van der Waals surface area contributed by atoms with Gasteiger partial charge in [0.05, 0.1) is 0 Å². The van der Waals surface area contributed by atoms with Gasteiger partial charge in [-0.05, 0) is 12.1 Å². The number of hydrogen-bond acceptors (Lipinski definition) is 5. The molecule has 1 saturated heterocycles. The number of rotatable bonds is 1. The van der Waals surface area contributed by atoms with Gasteiger partial charge in [-0.2, -0.15) is 4.98 Å². The molecule has 3 heterocycles. The number of amides is 1. The predicted molar refractivity (Wildman–Crippen MR) is 68.6 cm³/mol. The maximum absolute atomic E-state index is 10.8. The molecule has 0 aromatic carbocycles. The van der Waals surface area contributed by atoms with E-state index in [-0.39, 0.29) is 0 Å². The summed E-state index contributed by atoms with van der Waals surface area (Å²) in [6.45, 7) is 1.96. The van der Waals surface area contributed by atoms with Crippen LogP contribution in [0.15, 0.2) is 16.5 Å². The molecule has 2 aromatic heterocycles. The maximum atomic E-state index is 10.8. The van der Waals surface area contributed by atoms with Gasteiger partial charge < -0.3 is 19.3 Å². The molecule has 3 rings (SSSR count). The third kappa shape index (κ3) is 2.28. The number of pyridine rings is 1. The molecule has 0 aliphatic carbocycles. The van der Waals surface area contributed by atoms with E-state index in [4.69, 9.17) is 21.1 Å². The number of anilines is 1. The Morgan fingerprint density at radius 2 is 2.00 bits per heavy atom. The van der Waals surface area contributed by atoms with Crippen molar-refractivity contribution in [1.29, 1.82) is 0 Å². The van der Waals surface area contributed by atoms with E-state index in [9.17, 15) is 4.79 Å². The van der Waals surface area contributed by atoms with Gasteiger partial charge in [0.1, 0.15) is 5.15 Å². The first-order chi connectivity index (χ1) is 9.13. The molecular weight excluding hydrogens is 272 g/mol. The van der Waals surface area contributed by atoms with Crippen molar-refractivity contribution in [3.8, 4) is 0 Å². The Morgan fingerprint density at radius 3 is 2.68 bits per heavy atom. The van der Waals surface area contributed by atoms with E-state index >= 15 is 0 Å². The molecular formula is C11H11ClN4O3. The highest BCUT2D eigenvalue weighted by atomic mass is 35.5. The minimum atomic E-state index is -0.898. The molecule has 1 fully saturated rings. The van der Waals surface area contributed by atoms with E-state index in [2.05, 4.69) is 9.97 Å². The Morgan fingerprint density at radius 1 is 1.26 bits per heavy atom. The Bertz CT molecular complexity index is 621. The second-order valence-electron chi connectivity index (χ2n) is 4.21. The average Bonchev–Trinajstić information content (AvgIpc) is 2.81. The summed E-state index contributed by atoms with van der Waals surface area (Å²) in [7, 11) is 0. The van der Waals surface area contributed by atoms with Crippen molar-refractivity contribution in [2.24, 2.45) is 0 Å². The Labute approximate surface area is 113 Å². The number of carboxylic acid groups (broad SMARTS) is 1. The van der Waals surface area contributed by atoms with Crippen LogP contribution in [0.3, 0.4) is 0 Å². The summed E-state index contributed by atoms with van der Waals surface area (Å²) < 4.78 is 5.59. The van der Waals surface area contributed by atoms with E-state index in [1.54, 1.807) is 12.1 Å². The lowest BCUT2D eigenvalue weighted by Gasteiger charge is -2.31. The maximum Gasteiger partial charge on any atom is 0.407 e. The largest absolute Gasteiger partial charge is 0.465 e. The number of fused-ring (bicyclic) bond motifs is 1. The Kier molecular flexibility index (Phi) is 2.90. The molecule has 8 heteroatoms. The first kappa shape index (κ1) is 12.0. The van der Waals surface area contributed by atoms with Gasteiger partial charge in [-0.25, -0.2) is 9.78 Å². The van der Waals surface area contributed by atoms with Gasteiger partial charge in [0, 0.05) is 26.2 Å². The lowest BCUT2D eigenvalue weighted by Crippen LogP contribution is -2.48. The molecule has 19 heavy (non-hydrogen) atoms. The van der Waals surface area contributed by atoms with E-state index < -0.39 is 6.09 Å². The number of nitrogens with zero attached hydrogens (tertiary/aromatic N) is 4. The van der Waals surface area contributed by atoms with Crippen LogP contribution in [-0.4, -0.2) is 52.2 Å². The van der Waals surface area contributed by atoms with Crippen LogP contribution in [0.1, 0.15) is 0 Å². The van der Waals surface area contributed by atoms with Crippen LogP contribution >= 0.6 is 11.6 Å². The van der Waals surface area contributed by atoms with E-state index in [1.165, 1.54) is 4.90 Å². The zero-order chi connectivity index (χ0) is 13.4. The van der Waals surface area contributed by atoms with Gasteiger partial charge in [0.15, 0.2) is 5.58 Å². The molecule has 100 valence electrons. The molecule has 7 nitrogen and oxygen atoms in total. The van der Waals surface area contributed by atoms with Crippen molar-refractivity contribution >= 4 is 34.9 Å². The summed E-state index contributed by atoms with van der Waals surface area (Å²) in [4.78, 5) is 22.4. The minimum Gasteiger partial charge on any atom is -0.465 e. The minimum absolute atomic E-state index is 0.364. The fourth-order valence-electron chi connectivity index (χ4n) is 2.01. The summed E-state index contributed by atoms with van der Waals surface area (Å²) in [5.74, 6) is 0. The topological polar surface area (TPSA) is 82.7 Å². The van der Waals surface area contributed by atoms with Crippen LogP contribution in [0.5, 0.6) is 0 Å². The van der Waals surface area contributed by atoms with Crippen LogP contribution in [-0.2, 0) is 0 Å². The number of halogens is 1. The molecule has 1 amide bonds. The quantitative estimate of drug-likeness (QED) is 0.801. The molecule has 2 aromatic rings. The molecule has 0 unspecified atom stereocenters. The van der Waals surface area contributed by atoms with Crippen molar-refractivity contribution in [3.05, 3.63) is 17.3 Å². The zero-order valence-corrected chi connectivity index (χ0v) is 10.7. The van der Waals surface area contributed by atoms with Crippen molar-refractivity contribution in [2.75, 3.05) is 31.1 Å². The number of carbonyl (C=O) groups is 1. The molecule has 0 saturated carbocycles. The first-order valence-electron chi connectivity index (χ1n) is 5.79. The summed E-state index contributed by atoms with van der Waals surface area (Å²) >= 11 is 5.79. The van der Waals surface area contributed by atoms with Gasteiger partial charge in [-0.15, -0.1) is 0 Å². The zero-order valence-electron chi connectivity index (χ0n) is 9.91. The number of oxazole rings is 1. The van der Waals surface area contributed by atoms with Crippen LogP contribution in [0, 0.1) is 0 Å². The monoisotopic (exact) mass is 282 g/mol. The molecule has 0 radical (unpaired) electrons. The highest BCUT2D eigenvalue weighted by Crippen LogP contribution is 2.22. The summed E-state index contributed by atoms with van der Waals surface area (Å²) in [6.07, 6.45) is -0.898. The van der Waals surface area contributed by atoms with E-state index in [0.717, 1.165) is 0 Å². The summed E-state index contributed by atoms with van der Waals surface area (Å²) in [5.41, 5.74) is 1.03. The van der Waals surface area contributed by atoms with Crippen molar-refractivity contribution < 1.29 is 14.3 Å². The van der Waals surface area contributed by atoms with Gasteiger partial charge in [-0.3, -0.25) is 0 Å². The molecule has 1 aliphatic heterocycles. The third-order valence-corrected chi connectivity index (χ3v) is 3.24. The van der Waals surface area contributed by atoms with Gasteiger partial charge >= 0.3 is 6.09 Å². The standard InChI is InChI=1S/C11H11ClN4O3/c12-8-2-1-7-9(13-8)14-10(19-7)15-3-5-16(6-4-15)11(17)18/h1-2H,3-6H2,(H,17,18). The third-order valence-electron chi connectivity index (χ3n) is 3.03. The number of piperazine rings is 1. The molecule has 1 aliphatic rings. The summed E-state index contributed by atoms with van der Waals surface area (Å²) in [5, 5.41) is 9.25. The van der Waals surface area contributed by atoms with Crippen LogP contribution in [0.25, 0.3) is 11.2 Å². The second-order valence-corrected chi connectivity index (χ2v) is 4.60. The van der Waals surface area contributed by atoms with Crippen LogP contribution in [0.4, 0.5) is 10.8 Å². The van der Waals surface area contributed by atoms with Crippen molar-refractivity contribution in [2.45, 2.75) is 0 Å². The average molecular weight is 283 g/mol. The fourth-order valence-corrected chi connectivity index (χ4v) is 2.15. The lowest BCUT2D eigenvalue weighted by molar-refractivity contribution is 0.142. The molecule has 0 atom stereocenters. The number of hydrogen-bond donors (Lipinski definition) is 1. The lowest BCUT2D eigenvalue weighted by atomic mass is 10.3. The molecule has 0 bridgehead atoms. The SMILES string of the molecule is O=C(O)N1CCN(c2nc3nc(Cl)ccc3o2)CC1. The van der Waals surface area contributed by atoms with Crippen molar-refractivity contribution in [3.63, 3.8) is 0 Å². The Hall–Kier alpha value is -2.02. The first-order valence-corrected chi connectivity index (χ1v) is 6.17. The van der Waals surface area contributed by atoms with Crippen molar-refractivity contribution in [1.82, 2.24) is 14.9 Å². The Balaban J connectivity index is 1.80.